The number of rotatable bonds is 6. The maximum Gasteiger partial charge on any atom is 0.335 e. The maximum absolute atomic E-state index is 12.4. The van der Waals surface area contributed by atoms with Gasteiger partial charge in [0.15, 0.2) is 5.17 Å². The number of carbonyl (C=O) groups excluding carboxylic acids is 1. The average molecular weight is 540 g/mol. The topological polar surface area (TPSA) is 88.0 Å². The number of hydrogen-bond donors (Lipinski definition) is 2. The summed E-state index contributed by atoms with van der Waals surface area (Å²) < 4.78 is 7.49. The van der Waals surface area contributed by atoms with Gasteiger partial charge in [-0.15, -0.1) is 0 Å². The molecule has 1 fully saturated rings. The van der Waals surface area contributed by atoms with E-state index in [2.05, 4.69) is 42.2 Å². The highest BCUT2D eigenvalue weighted by Crippen LogP contribution is 2.37. The van der Waals surface area contributed by atoms with E-state index in [0.717, 1.165) is 20.9 Å². The van der Waals surface area contributed by atoms with Crippen LogP contribution < -0.4 is 10.1 Å². The zero-order chi connectivity index (χ0) is 21.0. The number of amides is 1. The Labute approximate surface area is 188 Å². The minimum absolute atomic E-state index is 0.178. The number of thioether (sulfide) groups is 1. The molecule has 0 spiro atoms. The van der Waals surface area contributed by atoms with Gasteiger partial charge in [-0.3, -0.25) is 4.79 Å². The summed E-state index contributed by atoms with van der Waals surface area (Å²) in [4.78, 5) is 28.2. The SMILES string of the molecule is CCCOc1c(Br)cc(Br)cc1C=C1SC(=Nc2ccc(C(=O)O)cc2)NC1=O. The first-order chi connectivity index (χ1) is 13.9. The Bertz CT molecular complexity index is 1020. The van der Waals surface area contributed by atoms with E-state index in [0.29, 0.717) is 28.1 Å². The minimum atomic E-state index is -1.00. The van der Waals surface area contributed by atoms with Crippen molar-refractivity contribution in [2.75, 3.05) is 6.61 Å². The van der Waals surface area contributed by atoms with E-state index in [1.54, 1.807) is 18.2 Å². The van der Waals surface area contributed by atoms with Gasteiger partial charge in [0.1, 0.15) is 5.75 Å². The highest BCUT2D eigenvalue weighted by atomic mass is 79.9. The molecule has 1 aliphatic rings. The second kappa shape index (κ2) is 9.60. The van der Waals surface area contributed by atoms with Crippen molar-refractivity contribution in [3.05, 3.63) is 61.4 Å². The first-order valence-corrected chi connectivity index (χ1v) is 11.0. The molecule has 9 heteroatoms. The fourth-order valence-electron chi connectivity index (χ4n) is 2.46. The van der Waals surface area contributed by atoms with Crippen LogP contribution in [0.15, 0.2) is 55.2 Å². The van der Waals surface area contributed by atoms with E-state index in [4.69, 9.17) is 9.84 Å². The van der Waals surface area contributed by atoms with Gasteiger partial charge in [-0.2, -0.15) is 0 Å². The zero-order valence-corrected chi connectivity index (χ0v) is 19.2. The number of amidine groups is 1. The lowest BCUT2D eigenvalue weighted by Gasteiger charge is -2.11. The van der Waals surface area contributed by atoms with Crippen molar-refractivity contribution in [2.45, 2.75) is 13.3 Å². The van der Waals surface area contributed by atoms with Gasteiger partial charge in [-0.25, -0.2) is 9.79 Å². The summed E-state index contributed by atoms with van der Waals surface area (Å²) in [5, 5.41) is 12.1. The minimum Gasteiger partial charge on any atom is -0.492 e. The molecule has 1 saturated heterocycles. The number of aliphatic imine (C=N–C) groups is 1. The number of carbonyl (C=O) groups is 2. The predicted molar refractivity (Wildman–Crippen MR) is 122 cm³/mol. The van der Waals surface area contributed by atoms with E-state index < -0.39 is 5.97 Å². The lowest BCUT2D eigenvalue weighted by atomic mass is 10.2. The zero-order valence-electron chi connectivity index (χ0n) is 15.2. The maximum atomic E-state index is 12.4. The van der Waals surface area contributed by atoms with E-state index in [9.17, 15) is 9.59 Å². The van der Waals surface area contributed by atoms with Crippen LogP contribution in [0.2, 0.25) is 0 Å². The van der Waals surface area contributed by atoms with Gasteiger partial charge in [-0.1, -0.05) is 22.9 Å². The largest absolute Gasteiger partial charge is 0.492 e. The molecule has 6 nitrogen and oxygen atoms in total. The second-order valence-corrected chi connectivity index (χ2v) is 8.79. The molecule has 0 aromatic heterocycles. The quantitative estimate of drug-likeness (QED) is 0.467. The molecule has 29 heavy (non-hydrogen) atoms. The number of nitrogens with one attached hydrogen (secondary N) is 1. The molecular formula is C20H16Br2N2O4S. The monoisotopic (exact) mass is 538 g/mol. The fraction of sp³-hybridized carbons (Fsp3) is 0.150. The lowest BCUT2D eigenvalue weighted by Crippen LogP contribution is -2.19. The molecule has 2 aromatic carbocycles. The Balaban J connectivity index is 1.86. The Morgan fingerprint density at radius 2 is 2.00 bits per heavy atom. The van der Waals surface area contributed by atoms with Crippen molar-refractivity contribution >= 4 is 72.4 Å². The van der Waals surface area contributed by atoms with Gasteiger partial charge >= 0.3 is 5.97 Å². The molecule has 2 N–H and O–H groups in total. The first-order valence-electron chi connectivity index (χ1n) is 8.62. The van der Waals surface area contributed by atoms with Crippen molar-refractivity contribution in [1.82, 2.24) is 5.32 Å². The van der Waals surface area contributed by atoms with Gasteiger partial charge in [0.25, 0.3) is 5.91 Å². The van der Waals surface area contributed by atoms with Crippen LogP contribution in [0.25, 0.3) is 6.08 Å². The highest BCUT2D eigenvalue weighted by Gasteiger charge is 2.24. The number of ether oxygens (including phenoxy) is 1. The molecule has 150 valence electrons. The van der Waals surface area contributed by atoms with Crippen LogP contribution in [0.3, 0.4) is 0 Å². The van der Waals surface area contributed by atoms with Crippen LogP contribution in [0.1, 0.15) is 29.3 Å². The third kappa shape index (κ3) is 5.49. The standard InChI is InChI=1S/C20H16Br2N2O4S/c1-2-7-28-17-12(8-13(21)10-15(17)22)9-16-18(25)24-20(29-16)23-14-5-3-11(4-6-14)19(26)27/h3-6,8-10H,2,7H2,1H3,(H,26,27)(H,23,24,25). The van der Waals surface area contributed by atoms with Crippen LogP contribution in [0.5, 0.6) is 5.75 Å². The van der Waals surface area contributed by atoms with Crippen molar-refractivity contribution in [3.8, 4) is 5.75 Å². The summed E-state index contributed by atoms with van der Waals surface area (Å²) in [5.74, 6) is -0.585. The Morgan fingerprint density at radius 3 is 2.66 bits per heavy atom. The van der Waals surface area contributed by atoms with Gasteiger partial charge in [0, 0.05) is 10.0 Å². The number of carboxylic acid groups (broad SMARTS) is 1. The summed E-state index contributed by atoms with van der Waals surface area (Å²) in [6, 6.07) is 9.89. The van der Waals surface area contributed by atoms with Gasteiger partial charge in [-0.05, 0) is 76.6 Å². The molecule has 1 heterocycles. The predicted octanol–water partition coefficient (Wildman–Crippen LogP) is 5.59. The molecule has 0 unspecified atom stereocenters. The second-order valence-electron chi connectivity index (χ2n) is 5.99. The fourth-order valence-corrected chi connectivity index (χ4v) is 4.67. The Morgan fingerprint density at radius 1 is 1.28 bits per heavy atom. The molecule has 1 amide bonds. The Hall–Kier alpha value is -2.10. The number of benzene rings is 2. The lowest BCUT2D eigenvalue weighted by molar-refractivity contribution is -0.115. The molecule has 0 bridgehead atoms. The molecule has 1 aliphatic heterocycles. The van der Waals surface area contributed by atoms with Crippen LogP contribution in [-0.2, 0) is 4.79 Å². The van der Waals surface area contributed by atoms with Crippen LogP contribution >= 0.6 is 43.6 Å². The van der Waals surface area contributed by atoms with E-state index in [1.807, 2.05) is 19.1 Å². The third-order valence-electron chi connectivity index (χ3n) is 3.77. The first kappa shape index (κ1) is 21.6. The number of nitrogens with zero attached hydrogens (tertiary/aromatic N) is 1. The third-order valence-corrected chi connectivity index (χ3v) is 5.73. The summed E-state index contributed by atoms with van der Waals surface area (Å²) in [5.41, 5.74) is 1.50. The summed E-state index contributed by atoms with van der Waals surface area (Å²) in [7, 11) is 0. The molecule has 0 saturated carbocycles. The van der Waals surface area contributed by atoms with Crippen molar-refractivity contribution in [3.63, 3.8) is 0 Å². The number of aromatic carboxylic acids is 1. The molecular weight excluding hydrogens is 524 g/mol. The molecule has 0 aliphatic carbocycles. The van der Waals surface area contributed by atoms with Crippen LogP contribution in [0, 0.1) is 0 Å². The average Bonchev–Trinajstić information content (AvgIpc) is 3.00. The van der Waals surface area contributed by atoms with Crippen molar-refractivity contribution in [1.29, 1.82) is 0 Å². The molecule has 0 radical (unpaired) electrons. The molecule has 3 rings (SSSR count). The van der Waals surface area contributed by atoms with Gasteiger partial charge < -0.3 is 15.2 Å². The van der Waals surface area contributed by atoms with E-state index in [1.165, 1.54) is 23.9 Å². The summed E-state index contributed by atoms with van der Waals surface area (Å²) in [6.07, 6.45) is 2.63. The smallest absolute Gasteiger partial charge is 0.335 e. The van der Waals surface area contributed by atoms with Crippen LogP contribution in [-0.4, -0.2) is 28.8 Å². The highest BCUT2D eigenvalue weighted by molar-refractivity contribution is 9.11. The van der Waals surface area contributed by atoms with Crippen LogP contribution in [0.4, 0.5) is 5.69 Å². The summed E-state index contributed by atoms with van der Waals surface area (Å²) >= 11 is 8.18. The van der Waals surface area contributed by atoms with Crippen molar-refractivity contribution < 1.29 is 19.4 Å². The number of halogens is 2. The number of carboxylic acids is 1. The number of hydrogen-bond acceptors (Lipinski definition) is 5. The molecule has 0 atom stereocenters. The van der Waals surface area contributed by atoms with E-state index >= 15 is 0 Å². The Kier molecular flexibility index (Phi) is 7.15. The van der Waals surface area contributed by atoms with Crippen molar-refractivity contribution in [2.24, 2.45) is 4.99 Å². The van der Waals surface area contributed by atoms with Gasteiger partial charge in [0.05, 0.1) is 27.2 Å². The van der Waals surface area contributed by atoms with Gasteiger partial charge in [0.2, 0.25) is 0 Å². The van der Waals surface area contributed by atoms with E-state index in [-0.39, 0.29) is 11.5 Å². The molecule has 2 aromatic rings. The normalized spacial score (nSPS) is 16.3. The summed E-state index contributed by atoms with van der Waals surface area (Å²) in [6.45, 7) is 2.59.